The summed E-state index contributed by atoms with van der Waals surface area (Å²) >= 11 is 1.12. The van der Waals surface area contributed by atoms with Gasteiger partial charge in [-0.1, -0.05) is 49.4 Å². The van der Waals surface area contributed by atoms with Gasteiger partial charge in [0.1, 0.15) is 0 Å². The lowest BCUT2D eigenvalue weighted by atomic mass is 10.0. The largest absolute Gasteiger partial charge is 0.297 e. The van der Waals surface area contributed by atoms with E-state index in [-0.39, 0.29) is 5.91 Å². The van der Waals surface area contributed by atoms with Crippen LogP contribution in [0.3, 0.4) is 0 Å². The van der Waals surface area contributed by atoms with Gasteiger partial charge in [-0.25, -0.2) is 4.68 Å². The number of carbonyl (C=O) groups excluding carboxylic acids is 1. The Bertz CT molecular complexity index is 1130. The Balaban J connectivity index is 1.55. The van der Waals surface area contributed by atoms with Crippen molar-refractivity contribution in [2.75, 3.05) is 5.32 Å². The van der Waals surface area contributed by atoms with Gasteiger partial charge in [0, 0.05) is 17.1 Å². The normalized spacial score (nSPS) is 11.0. The molecule has 0 unspecified atom stereocenters. The highest BCUT2D eigenvalue weighted by molar-refractivity contribution is 7.10. The van der Waals surface area contributed by atoms with Crippen molar-refractivity contribution >= 4 is 22.6 Å². The number of amides is 1. The molecule has 4 aromatic rings. The monoisotopic (exact) mass is 404 g/mol. The third-order valence-corrected chi connectivity index (χ3v) is 5.22. The molecule has 0 aliphatic heterocycles. The molecule has 8 heteroatoms. The third-order valence-electron chi connectivity index (χ3n) is 4.59. The Hall–Kier alpha value is -3.39. The maximum Gasteiger partial charge on any atom is 0.257 e. The molecule has 0 aliphatic carbocycles. The highest BCUT2D eigenvalue weighted by Gasteiger charge is 2.18. The molecule has 1 amide bonds. The lowest BCUT2D eigenvalue weighted by Gasteiger charge is -2.07. The van der Waals surface area contributed by atoms with Gasteiger partial charge in [-0.3, -0.25) is 10.1 Å². The summed E-state index contributed by atoms with van der Waals surface area (Å²) in [5.74, 6) is 0.694. The van der Waals surface area contributed by atoms with Crippen LogP contribution in [0.1, 0.15) is 41.4 Å². The van der Waals surface area contributed by atoms with E-state index >= 15 is 0 Å². The third kappa shape index (κ3) is 3.93. The predicted octanol–water partition coefficient (Wildman–Crippen LogP) is 4.47. The number of carbonyl (C=O) groups is 1. The van der Waals surface area contributed by atoms with Crippen LogP contribution >= 0.6 is 11.5 Å². The van der Waals surface area contributed by atoms with Gasteiger partial charge in [0.2, 0.25) is 5.13 Å². The molecule has 0 fully saturated rings. The smallest absolute Gasteiger partial charge is 0.257 e. The van der Waals surface area contributed by atoms with Crippen LogP contribution in [-0.4, -0.2) is 30.3 Å². The molecule has 7 nitrogen and oxygen atoms in total. The molecule has 1 N–H and O–H groups in total. The zero-order valence-corrected chi connectivity index (χ0v) is 17.1. The number of hydrogen-bond acceptors (Lipinski definition) is 6. The van der Waals surface area contributed by atoms with Gasteiger partial charge >= 0.3 is 0 Å². The zero-order valence-electron chi connectivity index (χ0n) is 16.3. The van der Waals surface area contributed by atoms with Crippen LogP contribution in [0.2, 0.25) is 0 Å². The zero-order chi connectivity index (χ0) is 20.4. The van der Waals surface area contributed by atoms with Crippen molar-refractivity contribution in [1.29, 1.82) is 0 Å². The molecule has 0 aliphatic rings. The van der Waals surface area contributed by atoms with E-state index in [0.29, 0.717) is 28.1 Å². The van der Waals surface area contributed by atoms with Crippen LogP contribution in [0.4, 0.5) is 5.13 Å². The summed E-state index contributed by atoms with van der Waals surface area (Å²) in [4.78, 5) is 16.7. The fraction of sp³-hybridized carbons (Fsp3) is 0.190. The van der Waals surface area contributed by atoms with Crippen molar-refractivity contribution in [1.82, 2.24) is 24.4 Å². The molecule has 4 rings (SSSR count). The first-order valence-electron chi connectivity index (χ1n) is 9.26. The predicted molar refractivity (Wildman–Crippen MR) is 113 cm³/mol. The maximum atomic E-state index is 12.3. The number of benzene rings is 2. The van der Waals surface area contributed by atoms with Gasteiger partial charge < -0.3 is 0 Å². The molecular formula is C21H20N6OS. The minimum Gasteiger partial charge on any atom is -0.297 e. The molecule has 2 aromatic heterocycles. The summed E-state index contributed by atoms with van der Waals surface area (Å²) in [6, 6.07) is 17.2. The minimum atomic E-state index is -0.223. The van der Waals surface area contributed by atoms with Crippen LogP contribution in [0.5, 0.6) is 0 Å². The van der Waals surface area contributed by atoms with Gasteiger partial charge in [0.15, 0.2) is 11.5 Å². The SMILES string of the molecule is Cc1c(-c2nsc(NC(=O)c3ccccc3)n2)nnn1-c1ccc(C(C)C)cc1. The van der Waals surface area contributed by atoms with E-state index in [4.69, 9.17) is 0 Å². The van der Waals surface area contributed by atoms with Crippen molar-refractivity contribution in [3.8, 4) is 17.2 Å². The van der Waals surface area contributed by atoms with E-state index in [9.17, 15) is 4.79 Å². The standard InChI is InChI=1S/C21H20N6OS/c1-13(2)15-9-11-17(12-10-15)27-14(3)18(24-26-27)19-22-21(29-25-19)23-20(28)16-7-5-4-6-8-16/h4-13H,1-3H3,(H,22,23,25,28). The quantitative estimate of drug-likeness (QED) is 0.530. The van der Waals surface area contributed by atoms with Gasteiger partial charge in [0.05, 0.1) is 11.4 Å². The highest BCUT2D eigenvalue weighted by atomic mass is 32.1. The number of rotatable bonds is 5. The van der Waals surface area contributed by atoms with Crippen molar-refractivity contribution in [3.63, 3.8) is 0 Å². The van der Waals surface area contributed by atoms with E-state index in [1.165, 1.54) is 5.56 Å². The summed E-state index contributed by atoms with van der Waals surface area (Å²) < 4.78 is 6.10. The topological polar surface area (TPSA) is 85.6 Å². The summed E-state index contributed by atoms with van der Waals surface area (Å²) in [5.41, 5.74) is 4.19. The van der Waals surface area contributed by atoms with Crippen molar-refractivity contribution < 1.29 is 4.79 Å². The number of hydrogen-bond donors (Lipinski definition) is 1. The molecule has 0 bridgehead atoms. The molecule has 0 radical (unpaired) electrons. The first-order chi connectivity index (χ1) is 14.0. The average Bonchev–Trinajstić information content (AvgIpc) is 3.35. The second kappa shape index (κ2) is 7.92. The van der Waals surface area contributed by atoms with E-state index in [2.05, 4.69) is 51.0 Å². The molecule has 2 heterocycles. The van der Waals surface area contributed by atoms with E-state index in [1.54, 1.807) is 16.8 Å². The Morgan fingerprint density at radius 2 is 1.79 bits per heavy atom. The first kappa shape index (κ1) is 18.9. The number of nitrogens with zero attached hydrogens (tertiary/aromatic N) is 5. The number of nitrogens with one attached hydrogen (secondary N) is 1. The Labute approximate surface area is 172 Å². The fourth-order valence-corrected chi connectivity index (χ4v) is 3.48. The van der Waals surface area contributed by atoms with E-state index < -0.39 is 0 Å². The van der Waals surface area contributed by atoms with Crippen LogP contribution in [0.15, 0.2) is 54.6 Å². The second-order valence-corrected chi connectivity index (χ2v) is 7.68. The second-order valence-electron chi connectivity index (χ2n) is 6.92. The van der Waals surface area contributed by atoms with Crippen molar-refractivity contribution in [2.24, 2.45) is 0 Å². The van der Waals surface area contributed by atoms with Crippen LogP contribution in [0.25, 0.3) is 17.2 Å². The lowest BCUT2D eigenvalue weighted by Crippen LogP contribution is -2.11. The van der Waals surface area contributed by atoms with Crippen LogP contribution in [-0.2, 0) is 0 Å². The molecule has 0 saturated carbocycles. The van der Waals surface area contributed by atoms with Gasteiger partial charge in [-0.05, 0) is 42.7 Å². The van der Waals surface area contributed by atoms with E-state index in [0.717, 1.165) is 22.9 Å². The molecule has 29 heavy (non-hydrogen) atoms. The summed E-state index contributed by atoms with van der Waals surface area (Å²) in [5, 5.41) is 11.7. The Morgan fingerprint density at radius 1 is 1.07 bits per heavy atom. The number of aromatic nitrogens is 5. The first-order valence-corrected chi connectivity index (χ1v) is 10.0. The molecule has 0 spiro atoms. The summed E-state index contributed by atoms with van der Waals surface area (Å²) in [6.07, 6.45) is 0. The minimum absolute atomic E-state index is 0.223. The summed E-state index contributed by atoms with van der Waals surface area (Å²) in [6.45, 7) is 6.25. The molecule has 0 saturated heterocycles. The average molecular weight is 404 g/mol. The van der Waals surface area contributed by atoms with Crippen molar-refractivity contribution in [2.45, 2.75) is 26.7 Å². The molecule has 146 valence electrons. The summed E-state index contributed by atoms with van der Waals surface area (Å²) in [7, 11) is 0. The molecule has 0 atom stereocenters. The Morgan fingerprint density at radius 3 is 2.48 bits per heavy atom. The highest BCUT2D eigenvalue weighted by Crippen LogP contribution is 2.24. The van der Waals surface area contributed by atoms with Crippen LogP contribution in [0, 0.1) is 6.92 Å². The van der Waals surface area contributed by atoms with Gasteiger partial charge in [-0.2, -0.15) is 9.36 Å². The number of anilines is 1. The van der Waals surface area contributed by atoms with Crippen LogP contribution < -0.4 is 5.32 Å². The fourth-order valence-electron chi connectivity index (χ4n) is 2.91. The van der Waals surface area contributed by atoms with Gasteiger partial charge in [-0.15, -0.1) is 5.10 Å². The van der Waals surface area contributed by atoms with Crippen molar-refractivity contribution in [3.05, 3.63) is 71.4 Å². The lowest BCUT2D eigenvalue weighted by molar-refractivity contribution is 0.102. The van der Waals surface area contributed by atoms with Gasteiger partial charge in [0.25, 0.3) is 5.91 Å². The van der Waals surface area contributed by atoms with E-state index in [1.807, 2.05) is 37.3 Å². The molecular weight excluding hydrogens is 384 g/mol. The molecule has 2 aromatic carbocycles. The Kier molecular flexibility index (Phi) is 5.18. The maximum absolute atomic E-state index is 12.3.